The molecule has 1 saturated heterocycles. The fourth-order valence-corrected chi connectivity index (χ4v) is 3.18. The molecule has 0 N–H and O–H groups in total. The van der Waals surface area contributed by atoms with E-state index in [-0.39, 0.29) is 0 Å². The van der Waals surface area contributed by atoms with Crippen molar-refractivity contribution in [1.82, 2.24) is 4.90 Å². The van der Waals surface area contributed by atoms with Crippen molar-refractivity contribution in [2.24, 2.45) is 17.3 Å². The lowest BCUT2D eigenvalue weighted by Crippen LogP contribution is -2.63. The van der Waals surface area contributed by atoms with Gasteiger partial charge in [-0.25, -0.2) is 0 Å². The van der Waals surface area contributed by atoms with E-state index in [1.54, 1.807) is 0 Å². The summed E-state index contributed by atoms with van der Waals surface area (Å²) in [4.78, 5) is 2.45. The Morgan fingerprint density at radius 1 is 1.36 bits per heavy atom. The third-order valence-electron chi connectivity index (χ3n) is 3.71. The van der Waals surface area contributed by atoms with E-state index in [0.717, 1.165) is 17.3 Å². The molecule has 0 radical (unpaired) electrons. The minimum atomic E-state index is 0.781. The summed E-state index contributed by atoms with van der Waals surface area (Å²) in [6, 6.07) is 0. The Kier molecular flexibility index (Phi) is 1.54. The zero-order chi connectivity index (χ0) is 8.06. The molecular weight excluding hydrogens is 134 g/mol. The Bertz CT molecular complexity index is 156. The van der Waals surface area contributed by atoms with Gasteiger partial charge in [-0.05, 0) is 37.1 Å². The summed E-state index contributed by atoms with van der Waals surface area (Å²) in [6.45, 7) is 7.50. The van der Waals surface area contributed by atoms with Crippen LogP contribution in [0.1, 0.15) is 26.7 Å². The third-order valence-corrected chi connectivity index (χ3v) is 3.71. The van der Waals surface area contributed by atoms with E-state index in [4.69, 9.17) is 0 Å². The van der Waals surface area contributed by atoms with Crippen molar-refractivity contribution < 1.29 is 0 Å². The maximum atomic E-state index is 2.45. The lowest BCUT2D eigenvalue weighted by Gasteiger charge is -2.61. The van der Waals surface area contributed by atoms with Gasteiger partial charge in [-0.2, -0.15) is 0 Å². The highest BCUT2D eigenvalue weighted by Gasteiger charge is 2.53. The first kappa shape index (κ1) is 7.60. The largest absolute Gasteiger partial charge is 0.305 e. The van der Waals surface area contributed by atoms with Gasteiger partial charge in [-0.1, -0.05) is 13.8 Å². The Balaban J connectivity index is 1.96. The van der Waals surface area contributed by atoms with Crippen LogP contribution in [0.5, 0.6) is 0 Å². The third kappa shape index (κ3) is 0.936. The number of rotatable bonds is 1. The van der Waals surface area contributed by atoms with Gasteiger partial charge in [0.15, 0.2) is 0 Å². The van der Waals surface area contributed by atoms with Crippen LogP contribution in [-0.2, 0) is 0 Å². The molecule has 0 aromatic heterocycles. The van der Waals surface area contributed by atoms with Crippen LogP contribution in [0.4, 0.5) is 0 Å². The van der Waals surface area contributed by atoms with E-state index >= 15 is 0 Å². The summed E-state index contributed by atoms with van der Waals surface area (Å²) in [5.41, 5.74) is 0.781. The number of hydrogen-bond acceptors (Lipinski definition) is 1. The van der Waals surface area contributed by atoms with Gasteiger partial charge in [-0.3, -0.25) is 0 Å². The van der Waals surface area contributed by atoms with Crippen LogP contribution in [0.15, 0.2) is 0 Å². The lowest BCUT2D eigenvalue weighted by molar-refractivity contribution is -0.119. The highest BCUT2D eigenvalue weighted by Crippen LogP contribution is 2.55. The topological polar surface area (TPSA) is 3.24 Å². The average molecular weight is 153 g/mol. The molecule has 64 valence electrons. The van der Waals surface area contributed by atoms with Gasteiger partial charge < -0.3 is 4.90 Å². The first-order valence-electron chi connectivity index (χ1n) is 4.83. The van der Waals surface area contributed by atoms with Crippen molar-refractivity contribution in [3.8, 4) is 0 Å². The maximum Gasteiger partial charge on any atom is 0.00502 e. The molecule has 1 atom stereocenters. The van der Waals surface area contributed by atoms with E-state index in [1.807, 2.05) is 0 Å². The van der Waals surface area contributed by atoms with Crippen LogP contribution in [0.2, 0.25) is 0 Å². The van der Waals surface area contributed by atoms with Gasteiger partial charge in [-0.15, -0.1) is 0 Å². The van der Waals surface area contributed by atoms with Gasteiger partial charge in [0.05, 0.1) is 0 Å². The molecule has 0 aromatic carbocycles. The summed E-state index contributed by atoms with van der Waals surface area (Å²) in [5.74, 6) is 1.95. The fraction of sp³-hybridized carbons (Fsp3) is 1.00. The predicted molar refractivity (Wildman–Crippen MR) is 47.5 cm³/mol. The molecule has 11 heavy (non-hydrogen) atoms. The van der Waals surface area contributed by atoms with Gasteiger partial charge in [0, 0.05) is 13.1 Å². The molecule has 1 aliphatic carbocycles. The summed E-state index contributed by atoms with van der Waals surface area (Å²) >= 11 is 0. The quantitative estimate of drug-likeness (QED) is 0.557. The lowest BCUT2D eigenvalue weighted by atomic mass is 9.53. The molecular formula is C10H19N. The highest BCUT2D eigenvalue weighted by atomic mass is 15.2. The second-order valence-corrected chi connectivity index (χ2v) is 4.92. The van der Waals surface area contributed by atoms with Crippen LogP contribution < -0.4 is 0 Å². The van der Waals surface area contributed by atoms with E-state index < -0.39 is 0 Å². The molecule has 2 rings (SSSR count). The molecule has 1 unspecified atom stereocenters. The second-order valence-electron chi connectivity index (χ2n) is 4.92. The van der Waals surface area contributed by atoms with Crippen LogP contribution in [0.3, 0.4) is 0 Å². The monoisotopic (exact) mass is 153 g/mol. The van der Waals surface area contributed by atoms with Gasteiger partial charge in [0.2, 0.25) is 0 Å². The Labute approximate surface area is 69.8 Å². The average Bonchev–Trinajstić information content (AvgIpc) is 1.76. The molecule has 1 saturated carbocycles. The van der Waals surface area contributed by atoms with Crippen LogP contribution >= 0.6 is 0 Å². The highest BCUT2D eigenvalue weighted by molar-refractivity contribution is 5.05. The van der Waals surface area contributed by atoms with E-state index in [0.29, 0.717) is 0 Å². The number of likely N-dealkylation sites (tertiary alicyclic amines) is 1. The first-order valence-corrected chi connectivity index (χ1v) is 4.83. The zero-order valence-electron chi connectivity index (χ0n) is 7.93. The second kappa shape index (κ2) is 2.22. The van der Waals surface area contributed by atoms with Crippen molar-refractivity contribution in [3.63, 3.8) is 0 Å². The predicted octanol–water partition coefficient (Wildman–Crippen LogP) is 1.98. The number of nitrogens with zero attached hydrogens (tertiary/aromatic N) is 1. The smallest absolute Gasteiger partial charge is 0.00502 e. The molecule has 1 spiro atoms. The van der Waals surface area contributed by atoms with E-state index in [1.165, 1.54) is 25.9 Å². The SMILES string of the molecule is CC(C)C1CCC12CN(C)C2. The summed E-state index contributed by atoms with van der Waals surface area (Å²) in [6.07, 6.45) is 2.99. The van der Waals surface area contributed by atoms with Crippen molar-refractivity contribution in [1.29, 1.82) is 0 Å². The van der Waals surface area contributed by atoms with Crippen LogP contribution in [-0.4, -0.2) is 25.0 Å². The standard InChI is InChI=1S/C10H19N/c1-8(2)9-4-5-10(9)6-11(3)7-10/h8-9H,4-7H2,1-3H3. The fourth-order valence-electron chi connectivity index (χ4n) is 3.18. The van der Waals surface area contributed by atoms with Gasteiger partial charge in [0.1, 0.15) is 0 Å². The van der Waals surface area contributed by atoms with Crippen molar-refractivity contribution in [2.75, 3.05) is 20.1 Å². The van der Waals surface area contributed by atoms with Crippen molar-refractivity contribution in [3.05, 3.63) is 0 Å². The first-order chi connectivity index (χ1) is 5.14. The molecule has 0 amide bonds. The summed E-state index contributed by atoms with van der Waals surface area (Å²) in [5, 5.41) is 0. The number of hydrogen-bond donors (Lipinski definition) is 0. The Hall–Kier alpha value is -0.0400. The van der Waals surface area contributed by atoms with Crippen molar-refractivity contribution in [2.45, 2.75) is 26.7 Å². The molecule has 2 aliphatic rings. The zero-order valence-corrected chi connectivity index (χ0v) is 7.93. The van der Waals surface area contributed by atoms with Gasteiger partial charge >= 0.3 is 0 Å². The molecule has 0 aromatic rings. The molecule has 2 fully saturated rings. The van der Waals surface area contributed by atoms with Crippen molar-refractivity contribution >= 4 is 0 Å². The minimum Gasteiger partial charge on any atom is -0.305 e. The van der Waals surface area contributed by atoms with E-state index in [9.17, 15) is 0 Å². The Morgan fingerprint density at radius 3 is 2.27 bits per heavy atom. The molecule has 1 aliphatic heterocycles. The Morgan fingerprint density at radius 2 is 2.00 bits per heavy atom. The summed E-state index contributed by atoms with van der Waals surface area (Å²) in [7, 11) is 2.24. The van der Waals surface area contributed by atoms with Gasteiger partial charge in [0.25, 0.3) is 0 Å². The van der Waals surface area contributed by atoms with E-state index in [2.05, 4.69) is 25.8 Å². The molecule has 1 heterocycles. The van der Waals surface area contributed by atoms with Crippen LogP contribution in [0, 0.1) is 17.3 Å². The summed E-state index contributed by atoms with van der Waals surface area (Å²) < 4.78 is 0. The normalized spacial score (nSPS) is 35.5. The maximum absolute atomic E-state index is 2.45. The molecule has 1 heteroatoms. The molecule has 1 nitrogen and oxygen atoms in total. The van der Waals surface area contributed by atoms with Crippen LogP contribution in [0.25, 0.3) is 0 Å². The minimum absolute atomic E-state index is 0.781. The molecule has 0 bridgehead atoms.